The van der Waals surface area contributed by atoms with E-state index in [-0.39, 0.29) is 11.4 Å². The van der Waals surface area contributed by atoms with Crippen LogP contribution in [0, 0.1) is 19.7 Å². The number of benzene rings is 1. The second kappa shape index (κ2) is 6.62. The van der Waals surface area contributed by atoms with Crippen LogP contribution in [0.5, 0.6) is 0 Å². The first-order valence-corrected chi connectivity index (χ1v) is 9.54. The van der Waals surface area contributed by atoms with Gasteiger partial charge < -0.3 is 14.1 Å². The van der Waals surface area contributed by atoms with Gasteiger partial charge in [-0.3, -0.25) is 4.79 Å². The quantitative estimate of drug-likeness (QED) is 0.501. The summed E-state index contributed by atoms with van der Waals surface area (Å²) in [6, 6.07) is 7.06. The fourth-order valence-corrected chi connectivity index (χ4v) is 3.71. The number of aromatic amines is 1. The van der Waals surface area contributed by atoms with Gasteiger partial charge in [0.15, 0.2) is 11.3 Å². The Balaban J connectivity index is 1.67. The van der Waals surface area contributed by atoms with Crippen LogP contribution in [0.1, 0.15) is 17.0 Å². The molecule has 0 fully saturated rings. The highest BCUT2D eigenvalue weighted by molar-refractivity contribution is 5.93. The Morgan fingerprint density at radius 3 is 2.80 bits per heavy atom. The van der Waals surface area contributed by atoms with E-state index in [1.807, 2.05) is 23.6 Å². The summed E-state index contributed by atoms with van der Waals surface area (Å²) in [7, 11) is 1.71. The van der Waals surface area contributed by atoms with E-state index in [0.717, 1.165) is 22.3 Å². The number of aromatic nitrogens is 6. The van der Waals surface area contributed by atoms with Crippen LogP contribution < -0.4 is 5.56 Å². The van der Waals surface area contributed by atoms with Crippen molar-refractivity contribution < 1.29 is 4.39 Å². The van der Waals surface area contributed by atoms with E-state index in [9.17, 15) is 9.18 Å². The van der Waals surface area contributed by atoms with Crippen molar-refractivity contribution in [3.05, 3.63) is 76.0 Å². The highest BCUT2D eigenvalue weighted by Gasteiger charge is 2.16. The Kier molecular flexibility index (Phi) is 4.02. The molecule has 150 valence electrons. The number of aryl methyl sites for hydroxylation is 3. The molecule has 0 aliphatic heterocycles. The highest BCUT2D eigenvalue weighted by atomic mass is 19.1. The van der Waals surface area contributed by atoms with Crippen LogP contribution in [0.4, 0.5) is 4.39 Å². The van der Waals surface area contributed by atoms with Crippen molar-refractivity contribution in [3.8, 4) is 11.3 Å². The van der Waals surface area contributed by atoms with Crippen LogP contribution in [-0.4, -0.2) is 29.1 Å². The van der Waals surface area contributed by atoms with Gasteiger partial charge in [-0.2, -0.15) is 0 Å². The summed E-state index contributed by atoms with van der Waals surface area (Å²) in [5.74, 6) is 0.511. The van der Waals surface area contributed by atoms with Gasteiger partial charge in [0, 0.05) is 30.4 Å². The summed E-state index contributed by atoms with van der Waals surface area (Å²) < 4.78 is 17.5. The lowest BCUT2D eigenvalue weighted by Crippen LogP contribution is -2.16. The number of rotatable bonds is 3. The van der Waals surface area contributed by atoms with Crippen molar-refractivity contribution >= 4 is 22.2 Å². The van der Waals surface area contributed by atoms with Crippen molar-refractivity contribution in [2.75, 3.05) is 0 Å². The third-order valence-corrected chi connectivity index (χ3v) is 5.40. The maximum absolute atomic E-state index is 14.0. The van der Waals surface area contributed by atoms with Gasteiger partial charge in [0.05, 0.1) is 18.4 Å². The number of hydrogen-bond acceptors (Lipinski definition) is 4. The molecule has 0 aliphatic rings. The minimum Gasteiger partial charge on any atom is -0.357 e. The van der Waals surface area contributed by atoms with Crippen molar-refractivity contribution in [3.63, 3.8) is 0 Å². The first-order valence-electron chi connectivity index (χ1n) is 9.54. The molecule has 0 amide bonds. The van der Waals surface area contributed by atoms with E-state index in [4.69, 9.17) is 4.98 Å². The first kappa shape index (κ1) is 18.2. The zero-order chi connectivity index (χ0) is 21.0. The molecule has 8 heteroatoms. The van der Waals surface area contributed by atoms with Crippen molar-refractivity contribution in [1.82, 2.24) is 29.1 Å². The molecule has 0 unspecified atom stereocenters. The average molecular weight is 402 g/mol. The summed E-state index contributed by atoms with van der Waals surface area (Å²) in [5, 5.41) is 0.787. The van der Waals surface area contributed by atoms with Crippen LogP contribution in [0.15, 0.2) is 47.7 Å². The number of H-pyrrole nitrogens is 1. The van der Waals surface area contributed by atoms with Gasteiger partial charge >= 0.3 is 0 Å². The molecular weight excluding hydrogens is 383 g/mol. The zero-order valence-corrected chi connectivity index (χ0v) is 16.8. The average Bonchev–Trinajstić information content (AvgIpc) is 3.33. The van der Waals surface area contributed by atoms with Crippen LogP contribution >= 0.6 is 0 Å². The number of hydrogen-bond donors (Lipinski definition) is 1. The van der Waals surface area contributed by atoms with E-state index in [2.05, 4.69) is 15.0 Å². The molecule has 30 heavy (non-hydrogen) atoms. The Labute approximate surface area is 170 Å². The SMILES string of the molecule is Cc1ccc(Cn2c(C)nc3ncc(-c4cn(C)c(=O)c5[nH]ccc45)nc32)cc1F. The van der Waals surface area contributed by atoms with Crippen molar-refractivity contribution in [2.45, 2.75) is 20.4 Å². The van der Waals surface area contributed by atoms with E-state index >= 15 is 0 Å². The number of fused-ring (bicyclic) bond motifs is 2. The summed E-state index contributed by atoms with van der Waals surface area (Å²) in [4.78, 5) is 29.2. The minimum absolute atomic E-state index is 0.102. The first-order chi connectivity index (χ1) is 14.4. The second-order valence-corrected chi connectivity index (χ2v) is 7.46. The monoisotopic (exact) mass is 402 g/mol. The molecule has 0 saturated heterocycles. The Morgan fingerprint density at radius 2 is 2.00 bits per heavy atom. The van der Waals surface area contributed by atoms with Crippen LogP contribution in [-0.2, 0) is 13.6 Å². The third kappa shape index (κ3) is 2.80. The van der Waals surface area contributed by atoms with Crippen molar-refractivity contribution in [2.24, 2.45) is 7.05 Å². The van der Waals surface area contributed by atoms with Gasteiger partial charge in [0.25, 0.3) is 5.56 Å². The largest absolute Gasteiger partial charge is 0.357 e. The molecule has 0 spiro atoms. The Bertz CT molecular complexity index is 1490. The molecule has 5 aromatic rings. The van der Waals surface area contributed by atoms with Gasteiger partial charge in [-0.1, -0.05) is 12.1 Å². The fourth-order valence-electron chi connectivity index (χ4n) is 3.71. The molecule has 0 saturated carbocycles. The van der Waals surface area contributed by atoms with Gasteiger partial charge in [-0.05, 0) is 37.1 Å². The van der Waals surface area contributed by atoms with E-state index in [1.165, 1.54) is 10.6 Å². The molecule has 4 aromatic heterocycles. The Morgan fingerprint density at radius 1 is 1.17 bits per heavy atom. The standard InChI is InChI=1S/C22H19FN6O/c1-12-4-5-14(8-17(12)23)10-29-13(2)26-20-21(29)27-18(9-25-20)16-11-28(3)22(30)19-15(16)6-7-24-19/h4-9,11,24H,10H2,1-3H3. The predicted octanol–water partition coefficient (Wildman–Crippen LogP) is 3.48. The molecule has 0 bridgehead atoms. The van der Waals surface area contributed by atoms with Gasteiger partial charge in [0.1, 0.15) is 17.2 Å². The molecule has 1 N–H and O–H groups in total. The number of nitrogens with zero attached hydrogens (tertiary/aromatic N) is 5. The lowest BCUT2D eigenvalue weighted by molar-refractivity contribution is 0.614. The minimum atomic E-state index is -0.235. The number of nitrogens with one attached hydrogen (secondary N) is 1. The number of pyridine rings is 1. The molecule has 4 heterocycles. The predicted molar refractivity (Wildman–Crippen MR) is 113 cm³/mol. The van der Waals surface area contributed by atoms with E-state index in [0.29, 0.717) is 34.6 Å². The smallest absolute Gasteiger partial charge is 0.274 e. The van der Waals surface area contributed by atoms with Crippen LogP contribution in [0.3, 0.4) is 0 Å². The van der Waals surface area contributed by atoms with Gasteiger partial charge in [-0.15, -0.1) is 0 Å². The fraction of sp³-hybridized carbons (Fsp3) is 0.182. The maximum atomic E-state index is 14.0. The van der Waals surface area contributed by atoms with Crippen LogP contribution in [0.2, 0.25) is 0 Å². The van der Waals surface area contributed by atoms with Crippen molar-refractivity contribution in [1.29, 1.82) is 0 Å². The summed E-state index contributed by atoms with van der Waals surface area (Å²) in [5.41, 5.74) is 4.43. The summed E-state index contributed by atoms with van der Waals surface area (Å²) in [6.45, 7) is 4.05. The molecular formula is C22H19FN6O. The molecule has 5 rings (SSSR count). The molecule has 7 nitrogen and oxygen atoms in total. The normalized spacial score (nSPS) is 11.6. The Hall–Kier alpha value is -3.81. The van der Waals surface area contributed by atoms with Gasteiger partial charge in [0.2, 0.25) is 0 Å². The number of imidazole rings is 1. The molecule has 0 aliphatic carbocycles. The maximum Gasteiger partial charge on any atom is 0.274 e. The summed E-state index contributed by atoms with van der Waals surface area (Å²) >= 11 is 0. The third-order valence-electron chi connectivity index (χ3n) is 5.40. The molecule has 1 aromatic carbocycles. The highest BCUT2D eigenvalue weighted by Crippen LogP contribution is 2.26. The molecule has 0 atom stereocenters. The molecule has 0 radical (unpaired) electrons. The van der Waals surface area contributed by atoms with Gasteiger partial charge in [-0.25, -0.2) is 19.3 Å². The lowest BCUT2D eigenvalue weighted by Gasteiger charge is -2.09. The zero-order valence-electron chi connectivity index (χ0n) is 16.8. The number of halogens is 1. The second-order valence-electron chi connectivity index (χ2n) is 7.46. The topological polar surface area (TPSA) is 81.4 Å². The van der Waals surface area contributed by atoms with E-state index in [1.54, 1.807) is 38.6 Å². The van der Waals surface area contributed by atoms with Crippen LogP contribution in [0.25, 0.3) is 33.5 Å². The summed E-state index contributed by atoms with van der Waals surface area (Å²) in [6.07, 6.45) is 5.16. The van der Waals surface area contributed by atoms with E-state index < -0.39 is 0 Å². The lowest BCUT2D eigenvalue weighted by atomic mass is 10.1.